The highest BCUT2D eigenvalue weighted by Crippen LogP contribution is 2.23. The second kappa shape index (κ2) is 11.3. The molecule has 3 saturated heterocycles. The van der Waals surface area contributed by atoms with E-state index in [1.54, 1.807) is 0 Å². The average Bonchev–Trinajstić information content (AvgIpc) is 2.77. The van der Waals surface area contributed by atoms with E-state index in [0.29, 0.717) is 6.04 Å². The van der Waals surface area contributed by atoms with Gasteiger partial charge in [0.1, 0.15) is 5.82 Å². The fraction of sp³-hybridized carbons (Fsp3) is 0.810. The first kappa shape index (κ1) is 20.9. The molecule has 0 radical (unpaired) electrons. The number of rotatable bonds is 7. The van der Waals surface area contributed by atoms with E-state index in [2.05, 4.69) is 30.9 Å². The highest BCUT2D eigenvalue weighted by molar-refractivity contribution is 5.32. The van der Waals surface area contributed by atoms with Crippen molar-refractivity contribution in [2.24, 2.45) is 0 Å². The summed E-state index contributed by atoms with van der Waals surface area (Å²) >= 11 is 0. The first-order valence-electron chi connectivity index (χ1n) is 10.9. The maximum atomic E-state index is 9.42. The van der Waals surface area contributed by atoms with Gasteiger partial charge in [-0.25, -0.2) is 10.1 Å². The minimum absolute atomic E-state index is 0.197. The quantitative estimate of drug-likeness (QED) is 0.409. The summed E-state index contributed by atoms with van der Waals surface area (Å²) in [6.07, 6.45) is 7.27. The zero-order valence-corrected chi connectivity index (χ0v) is 17.0. The summed E-state index contributed by atoms with van der Waals surface area (Å²) in [4.78, 5) is 10.8. The second-order valence-electron chi connectivity index (χ2n) is 7.97. The average molecular weight is 387 g/mol. The molecule has 0 unspecified atom stereocenters. The maximum absolute atomic E-state index is 9.42. The van der Waals surface area contributed by atoms with Crippen LogP contribution in [0.25, 0.3) is 4.85 Å². The zero-order valence-electron chi connectivity index (χ0n) is 17.0. The van der Waals surface area contributed by atoms with Crippen LogP contribution in [0.3, 0.4) is 0 Å². The third kappa shape index (κ3) is 5.85. The van der Waals surface area contributed by atoms with E-state index in [0.717, 1.165) is 77.6 Å². The molecular formula is C21H34N6O. The van der Waals surface area contributed by atoms with E-state index in [1.165, 1.54) is 32.4 Å². The third-order valence-electron chi connectivity index (χ3n) is 6.18. The topological polar surface area (TPSA) is 59.1 Å². The number of morpholine rings is 1. The summed E-state index contributed by atoms with van der Waals surface area (Å²) in [7, 11) is 0. The molecule has 0 aromatic carbocycles. The van der Waals surface area contributed by atoms with E-state index in [-0.39, 0.29) is 5.70 Å². The van der Waals surface area contributed by atoms with Crippen LogP contribution in [0.2, 0.25) is 0 Å². The van der Waals surface area contributed by atoms with Crippen molar-refractivity contribution >= 4 is 0 Å². The normalized spacial score (nSPS) is 23.6. The van der Waals surface area contributed by atoms with Gasteiger partial charge in [-0.2, -0.15) is 0 Å². The molecule has 0 aromatic rings. The predicted molar refractivity (Wildman–Crippen MR) is 109 cm³/mol. The number of likely N-dealkylation sites (tertiary alicyclic amines) is 2. The number of piperidine rings is 2. The number of allylic oxidation sites excluding steroid dienone is 1. The van der Waals surface area contributed by atoms with Crippen molar-refractivity contribution in [3.63, 3.8) is 0 Å². The minimum atomic E-state index is 0.197. The van der Waals surface area contributed by atoms with E-state index in [4.69, 9.17) is 11.3 Å². The van der Waals surface area contributed by atoms with Crippen molar-refractivity contribution in [2.75, 3.05) is 65.6 Å². The Morgan fingerprint density at radius 2 is 1.79 bits per heavy atom. The molecule has 0 atom stereocenters. The van der Waals surface area contributed by atoms with Gasteiger partial charge in [-0.15, -0.1) is 0 Å². The molecule has 0 spiro atoms. The van der Waals surface area contributed by atoms with E-state index >= 15 is 0 Å². The van der Waals surface area contributed by atoms with E-state index in [9.17, 15) is 5.26 Å². The summed E-state index contributed by atoms with van der Waals surface area (Å²) in [5.41, 5.74) is 0.197. The molecule has 0 aliphatic carbocycles. The predicted octanol–water partition coefficient (Wildman–Crippen LogP) is 1.86. The van der Waals surface area contributed by atoms with Gasteiger partial charge >= 0.3 is 0 Å². The Bertz CT molecular complexity index is 571. The number of hydrogen-bond donors (Lipinski definition) is 1. The molecule has 0 bridgehead atoms. The van der Waals surface area contributed by atoms with Gasteiger partial charge in [-0.3, -0.25) is 4.90 Å². The fourth-order valence-corrected chi connectivity index (χ4v) is 4.55. The van der Waals surface area contributed by atoms with Gasteiger partial charge in [0.25, 0.3) is 5.70 Å². The van der Waals surface area contributed by atoms with Crippen LogP contribution >= 0.6 is 0 Å². The molecule has 3 rings (SSSR count). The summed E-state index contributed by atoms with van der Waals surface area (Å²) < 4.78 is 5.39. The number of nitrogens with one attached hydrogen (secondary N) is 1. The lowest BCUT2D eigenvalue weighted by molar-refractivity contribution is 0.0374. The van der Waals surface area contributed by atoms with Crippen molar-refractivity contribution in [3.8, 4) is 6.07 Å². The molecule has 1 N–H and O–H groups in total. The Morgan fingerprint density at radius 1 is 1.07 bits per heavy atom. The van der Waals surface area contributed by atoms with Crippen molar-refractivity contribution in [1.29, 1.82) is 5.26 Å². The summed E-state index contributed by atoms with van der Waals surface area (Å²) in [6.45, 7) is 17.2. The maximum Gasteiger partial charge on any atom is 0.300 e. The van der Waals surface area contributed by atoms with Crippen LogP contribution in [0.5, 0.6) is 0 Å². The van der Waals surface area contributed by atoms with Crippen LogP contribution in [0.4, 0.5) is 0 Å². The monoisotopic (exact) mass is 386 g/mol. The number of ether oxygens (including phenoxy) is 1. The van der Waals surface area contributed by atoms with Crippen molar-refractivity contribution in [1.82, 2.24) is 20.0 Å². The Balaban J connectivity index is 1.49. The lowest BCUT2D eigenvalue weighted by atomic mass is 10.00. The molecular weight excluding hydrogens is 352 g/mol. The minimum Gasteiger partial charge on any atom is -0.380 e. The molecule has 7 nitrogen and oxygen atoms in total. The molecule has 3 aliphatic rings. The second-order valence-corrected chi connectivity index (χ2v) is 7.97. The highest BCUT2D eigenvalue weighted by Gasteiger charge is 2.27. The summed E-state index contributed by atoms with van der Waals surface area (Å²) in [5.74, 6) is 0.747. The van der Waals surface area contributed by atoms with Crippen molar-refractivity contribution in [2.45, 2.75) is 44.6 Å². The van der Waals surface area contributed by atoms with Gasteiger partial charge in [0.2, 0.25) is 0 Å². The van der Waals surface area contributed by atoms with Crippen LogP contribution in [0.15, 0.2) is 11.5 Å². The van der Waals surface area contributed by atoms with Gasteiger partial charge < -0.3 is 19.9 Å². The molecule has 3 aliphatic heterocycles. The number of nitrogens with zero attached hydrogens (tertiary/aromatic N) is 5. The molecule has 154 valence electrons. The molecule has 0 amide bonds. The number of nitriles is 1. The van der Waals surface area contributed by atoms with Crippen molar-refractivity contribution < 1.29 is 4.74 Å². The lowest BCUT2D eigenvalue weighted by Gasteiger charge is -2.41. The van der Waals surface area contributed by atoms with Crippen molar-refractivity contribution in [3.05, 3.63) is 22.9 Å². The molecule has 0 saturated carbocycles. The molecule has 7 heteroatoms. The Morgan fingerprint density at radius 3 is 2.43 bits per heavy atom. The van der Waals surface area contributed by atoms with Crippen LogP contribution in [0, 0.1) is 17.9 Å². The largest absolute Gasteiger partial charge is 0.380 e. The van der Waals surface area contributed by atoms with E-state index < -0.39 is 0 Å². The summed E-state index contributed by atoms with van der Waals surface area (Å²) in [5, 5.41) is 12.8. The molecule has 0 aromatic heterocycles. The number of hydrogen-bond acceptors (Lipinski definition) is 6. The molecule has 28 heavy (non-hydrogen) atoms. The molecule has 3 heterocycles. The van der Waals surface area contributed by atoms with Crippen LogP contribution in [-0.4, -0.2) is 86.3 Å². The first-order valence-corrected chi connectivity index (χ1v) is 10.9. The standard InChI is InChI=1S/C21H34N6O/c1-23-20(18-22)21(24-8-5-9-25-14-16-28-17-15-25)27-12-6-19(7-13-27)26-10-3-2-4-11-26/h19,24H,2-17H2/b21-20+. The third-order valence-corrected chi connectivity index (χ3v) is 6.18. The smallest absolute Gasteiger partial charge is 0.300 e. The molecule has 3 fully saturated rings. The summed E-state index contributed by atoms with van der Waals surface area (Å²) in [6, 6.07) is 2.76. The first-order chi connectivity index (χ1) is 13.8. The fourth-order valence-electron chi connectivity index (χ4n) is 4.55. The van der Waals surface area contributed by atoms with Gasteiger partial charge in [-0.05, 0) is 51.7 Å². The van der Waals surface area contributed by atoms with Gasteiger partial charge in [0.15, 0.2) is 0 Å². The highest BCUT2D eigenvalue weighted by atomic mass is 16.5. The van der Waals surface area contributed by atoms with Gasteiger partial charge in [0.05, 0.1) is 25.9 Å². The van der Waals surface area contributed by atoms with Gasteiger partial charge in [0, 0.05) is 38.8 Å². The zero-order chi connectivity index (χ0) is 19.6. The Hall–Kier alpha value is -1.80. The van der Waals surface area contributed by atoms with E-state index in [1.807, 2.05) is 0 Å². The lowest BCUT2D eigenvalue weighted by Crippen LogP contribution is -2.48. The Labute approximate surface area is 169 Å². The van der Waals surface area contributed by atoms with Crippen LogP contribution < -0.4 is 5.32 Å². The Kier molecular flexibility index (Phi) is 8.42. The SMILES string of the molecule is [C-]#[N+]/C(C#N)=C(\NCCCN1CCOCC1)N1CCC(N2CCCCC2)CC1. The van der Waals surface area contributed by atoms with Gasteiger partial charge in [-0.1, -0.05) is 6.42 Å². The van der Waals surface area contributed by atoms with Crippen LogP contribution in [0.1, 0.15) is 38.5 Å². The van der Waals surface area contributed by atoms with Crippen LogP contribution in [-0.2, 0) is 4.74 Å².